The van der Waals surface area contributed by atoms with Crippen LogP contribution < -0.4 is 15.9 Å². The third kappa shape index (κ3) is 5.97. The third-order valence-electron chi connectivity index (χ3n) is 8.20. The largest absolute Gasteiger partial charge is 0.294 e. The normalized spacial score (nSPS) is 12.9. The van der Waals surface area contributed by atoms with E-state index >= 15 is 0 Å². The number of unbranched alkanes of at least 4 members (excludes halogenated alkanes) is 1. The van der Waals surface area contributed by atoms with Crippen LogP contribution in [0.5, 0.6) is 0 Å². The van der Waals surface area contributed by atoms with Gasteiger partial charge in [-0.1, -0.05) is 78.9 Å². The van der Waals surface area contributed by atoms with Gasteiger partial charge in [0.1, 0.15) is 35.2 Å². The second-order valence-corrected chi connectivity index (χ2v) is 14.6. The molecule has 0 unspecified atom stereocenters. The number of benzene rings is 4. The average Bonchev–Trinajstić information content (AvgIpc) is 3.09. The molecule has 5 aromatic rings. The lowest BCUT2D eigenvalue weighted by Gasteiger charge is -2.27. The van der Waals surface area contributed by atoms with Gasteiger partial charge in [-0.3, -0.25) is 14.4 Å². The van der Waals surface area contributed by atoms with Crippen LogP contribution in [0.25, 0.3) is 0 Å². The second-order valence-electron chi connectivity index (χ2n) is 10.9. The lowest BCUT2D eigenvalue weighted by atomic mass is 9.90. The Morgan fingerprint density at radius 3 is 1.82 bits per heavy atom. The molecule has 6 rings (SSSR count). The van der Waals surface area contributed by atoms with Crippen molar-refractivity contribution in [2.75, 3.05) is 6.16 Å². The number of Topliss-reactive ketones (excluding diaryl/α,β-unsaturated/α-hetero) is 2. The van der Waals surface area contributed by atoms with Gasteiger partial charge in [0.25, 0.3) is 0 Å². The van der Waals surface area contributed by atoms with E-state index in [1.54, 1.807) is 0 Å². The van der Waals surface area contributed by atoms with Crippen molar-refractivity contribution in [3.05, 3.63) is 162 Å². The number of aromatic nitrogens is 2. The molecule has 5 nitrogen and oxygen atoms in total. The summed E-state index contributed by atoms with van der Waals surface area (Å²) in [6, 6.07) is 39.8. The molecular formula is C38H32N2O3P+. The van der Waals surface area contributed by atoms with Crippen molar-refractivity contribution in [2.24, 2.45) is 0 Å². The Morgan fingerprint density at radius 2 is 1.25 bits per heavy atom. The van der Waals surface area contributed by atoms with Crippen LogP contribution in [-0.4, -0.2) is 33.5 Å². The molecule has 0 amide bonds. The quantitative estimate of drug-likeness (QED) is 0.101. The average molecular weight is 596 g/mol. The number of carbonyl (C=O) groups is 3. The molecule has 4 aromatic carbocycles. The summed E-state index contributed by atoms with van der Waals surface area (Å²) in [5, 5.41) is 4.05. The molecule has 1 aliphatic carbocycles. The van der Waals surface area contributed by atoms with Gasteiger partial charge in [0, 0.05) is 30.2 Å². The predicted octanol–water partition coefficient (Wildman–Crippen LogP) is 6.37. The molecule has 0 fully saturated rings. The molecule has 44 heavy (non-hydrogen) atoms. The van der Waals surface area contributed by atoms with E-state index in [0.717, 1.165) is 24.6 Å². The topological polar surface area (TPSA) is 77.0 Å². The Morgan fingerprint density at radius 1 is 0.682 bits per heavy atom. The number of hydrogen-bond acceptors (Lipinski definition) is 5. The Balaban J connectivity index is 1.13. The molecule has 6 heteroatoms. The van der Waals surface area contributed by atoms with Gasteiger partial charge in [-0.2, -0.15) is 0 Å². The van der Waals surface area contributed by atoms with Crippen LogP contribution in [0.15, 0.2) is 139 Å². The van der Waals surface area contributed by atoms with E-state index in [1.165, 1.54) is 34.5 Å². The highest BCUT2D eigenvalue weighted by molar-refractivity contribution is 7.95. The Hall–Kier alpha value is -4.86. The van der Waals surface area contributed by atoms with Gasteiger partial charge < -0.3 is 0 Å². The summed E-state index contributed by atoms with van der Waals surface area (Å²) >= 11 is 0. The van der Waals surface area contributed by atoms with Crippen LogP contribution in [0.2, 0.25) is 0 Å². The first-order valence-electron chi connectivity index (χ1n) is 14.8. The fourth-order valence-electron chi connectivity index (χ4n) is 5.98. The predicted molar refractivity (Wildman–Crippen MR) is 177 cm³/mol. The van der Waals surface area contributed by atoms with Gasteiger partial charge >= 0.3 is 0 Å². The molecule has 0 radical (unpaired) electrons. The minimum absolute atomic E-state index is 0.105. The van der Waals surface area contributed by atoms with Gasteiger partial charge in [-0.05, 0) is 60.9 Å². The van der Waals surface area contributed by atoms with E-state index in [1.807, 2.05) is 24.3 Å². The molecule has 0 N–H and O–H groups in total. The zero-order chi connectivity index (χ0) is 30.4. The summed E-state index contributed by atoms with van der Waals surface area (Å²) < 4.78 is 0. The fourth-order valence-corrected chi connectivity index (χ4v) is 10.4. The van der Waals surface area contributed by atoms with Crippen molar-refractivity contribution in [3.8, 4) is 0 Å². The monoisotopic (exact) mass is 595 g/mol. The van der Waals surface area contributed by atoms with Crippen molar-refractivity contribution < 1.29 is 14.4 Å². The summed E-state index contributed by atoms with van der Waals surface area (Å²) in [5.74, 6) is -0.420. The summed E-state index contributed by atoms with van der Waals surface area (Å²) in [6.45, 7) is 0. The number of allylic oxidation sites excluding steroid dienone is 2. The van der Waals surface area contributed by atoms with Crippen LogP contribution in [0.1, 0.15) is 56.0 Å². The van der Waals surface area contributed by atoms with Gasteiger partial charge in [0.2, 0.25) is 5.78 Å². The smallest absolute Gasteiger partial charge is 0.205 e. The minimum atomic E-state index is -1.92. The molecule has 0 bridgehead atoms. The summed E-state index contributed by atoms with van der Waals surface area (Å²) in [6.07, 6.45) is 7.48. The van der Waals surface area contributed by atoms with Crippen molar-refractivity contribution in [2.45, 2.75) is 25.7 Å². The van der Waals surface area contributed by atoms with Crippen molar-refractivity contribution >= 4 is 40.5 Å². The molecule has 1 aliphatic rings. The summed E-state index contributed by atoms with van der Waals surface area (Å²) in [4.78, 5) is 46.4. The minimum Gasteiger partial charge on any atom is -0.294 e. The molecule has 0 spiro atoms. The highest BCUT2D eigenvalue weighted by Gasteiger charge is 2.44. The highest BCUT2D eigenvalue weighted by atomic mass is 31.2. The number of ketones is 3. The first kappa shape index (κ1) is 29.2. The van der Waals surface area contributed by atoms with Crippen molar-refractivity contribution in [1.82, 2.24) is 9.97 Å². The number of rotatable bonds is 11. The number of carbonyl (C=O) groups excluding carboxylic acids is 3. The van der Waals surface area contributed by atoms with Gasteiger partial charge in [0.05, 0.1) is 11.7 Å². The molecule has 1 heterocycles. The molecule has 0 saturated carbocycles. The standard InChI is InChI=1S/C38H32N2O3P/c41-35(29-21-19-28(20-22-29)24-30-25-36(42)37-34(38(30)43)26-39-27-40-37)18-10-11-23-44(31-12-4-1-5-13-31,32-14-6-2-7-15-32)33-16-8-3-9-17-33/h1-9,12-17,19-22,25-27H,10-11,18,23-24H2/q+1. The first-order valence-corrected chi connectivity index (χ1v) is 16.8. The van der Waals surface area contributed by atoms with E-state index in [4.69, 9.17) is 0 Å². The van der Waals surface area contributed by atoms with Gasteiger partial charge in [-0.15, -0.1) is 0 Å². The van der Waals surface area contributed by atoms with E-state index in [9.17, 15) is 14.4 Å². The maximum absolute atomic E-state index is 13.2. The molecule has 216 valence electrons. The summed E-state index contributed by atoms with van der Waals surface area (Å²) in [7, 11) is -1.92. The Labute approximate surface area is 258 Å². The highest BCUT2D eigenvalue weighted by Crippen LogP contribution is 2.56. The molecular weight excluding hydrogens is 563 g/mol. The molecule has 0 aliphatic heterocycles. The third-order valence-corrected chi connectivity index (χ3v) is 12.7. The first-order chi connectivity index (χ1) is 21.6. The number of fused-ring (bicyclic) bond motifs is 1. The van der Waals surface area contributed by atoms with Gasteiger partial charge in [-0.25, -0.2) is 9.97 Å². The SMILES string of the molecule is O=C(CCCC[P+](c1ccccc1)(c1ccccc1)c1ccccc1)c1ccc(CC2=CC(=O)c3ncncc3C2=O)cc1. The lowest BCUT2D eigenvalue weighted by Crippen LogP contribution is -2.33. The van der Waals surface area contributed by atoms with Crippen LogP contribution in [0.3, 0.4) is 0 Å². The van der Waals surface area contributed by atoms with Crippen LogP contribution in [0.4, 0.5) is 0 Å². The number of hydrogen-bond donors (Lipinski definition) is 0. The van der Waals surface area contributed by atoms with Crippen LogP contribution >= 0.6 is 7.26 Å². The van der Waals surface area contributed by atoms with Crippen molar-refractivity contribution in [3.63, 3.8) is 0 Å². The zero-order valence-corrected chi connectivity index (χ0v) is 25.2. The van der Waals surface area contributed by atoms with Crippen LogP contribution in [-0.2, 0) is 6.42 Å². The maximum Gasteiger partial charge on any atom is 0.205 e. The maximum atomic E-state index is 13.2. The molecule has 1 aromatic heterocycles. The van der Waals surface area contributed by atoms with Crippen molar-refractivity contribution in [1.29, 1.82) is 0 Å². The molecule has 0 atom stereocenters. The molecule has 0 saturated heterocycles. The second kappa shape index (κ2) is 13.2. The Kier molecular flexibility index (Phi) is 8.76. The van der Waals surface area contributed by atoms with Crippen LogP contribution in [0, 0.1) is 0 Å². The summed E-state index contributed by atoms with van der Waals surface area (Å²) in [5.41, 5.74) is 2.30. The van der Waals surface area contributed by atoms with E-state index in [-0.39, 0.29) is 28.6 Å². The number of nitrogens with zero attached hydrogens (tertiary/aromatic N) is 2. The Bertz CT molecular complexity index is 1720. The lowest BCUT2D eigenvalue weighted by molar-refractivity contribution is 0.0977. The van der Waals surface area contributed by atoms with E-state index in [0.29, 0.717) is 24.0 Å². The van der Waals surface area contributed by atoms with Gasteiger partial charge in [0.15, 0.2) is 11.6 Å². The fraction of sp³-hybridized carbons (Fsp3) is 0.132. The van der Waals surface area contributed by atoms with E-state index in [2.05, 4.69) is 101 Å². The van der Waals surface area contributed by atoms with E-state index < -0.39 is 7.26 Å². The zero-order valence-electron chi connectivity index (χ0n) is 24.3.